The summed E-state index contributed by atoms with van der Waals surface area (Å²) in [5.74, 6) is -0.499. The van der Waals surface area contributed by atoms with Crippen LogP contribution in [0.4, 0.5) is 5.69 Å². The van der Waals surface area contributed by atoms with Crippen LogP contribution in [0.3, 0.4) is 0 Å². The fraction of sp³-hybridized carbons (Fsp3) is 0.462. The second-order valence-electron chi connectivity index (χ2n) is 4.92. The largest absolute Gasteiger partial charge is 0.324 e. The van der Waals surface area contributed by atoms with Crippen LogP contribution < -0.4 is 5.32 Å². The van der Waals surface area contributed by atoms with Crippen molar-refractivity contribution in [3.63, 3.8) is 0 Å². The molecule has 1 aromatic carbocycles. The van der Waals surface area contributed by atoms with E-state index >= 15 is 0 Å². The minimum absolute atomic E-state index is 0.499. The molecule has 0 spiro atoms. The number of sulfone groups is 1. The van der Waals surface area contributed by atoms with E-state index in [4.69, 9.17) is 0 Å². The lowest BCUT2D eigenvalue weighted by molar-refractivity contribution is -0.115. The third kappa shape index (κ3) is 3.17. The monoisotopic (exact) mass is 345 g/mol. The highest BCUT2D eigenvalue weighted by Crippen LogP contribution is 2.31. The standard InChI is InChI=1S/C13H16BrNO3S/c1-8(19(2,17)18)13(16)15-12-7-10-5-3-4-9(10)6-11(12)14/h6-8H,3-5H2,1-2H3,(H,15,16). The van der Waals surface area contributed by atoms with Gasteiger partial charge in [0.05, 0.1) is 5.69 Å². The number of hydrogen-bond donors (Lipinski definition) is 1. The van der Waals surface area contributed by atoms with Gasteiger partial charge in [-0.05, 0) is 65.4 Å². The first-order valence-electron chi connectivity index (χ1n) is 6.10. The Hall–Kier alpha value is -0.880. The van der Waals surface area contributed by atoms with Crippen LogP contribution in [0.1, 0.15) is 24.5 Å². The number of fused-ring (bicyclic) bond motifs is 1. The Morgan fingerprint density at radius 1 is 1.32 bits per heavy atom. The number of rotatable bonds is 3. The van der Waals surface area contributed by atoms with E-state index in [9.17, 15) is 13.2 Å². The summed E-state index contributed by atoms with van der Waals surface area (Å²) in [6, 6.07) is 3.93. The van der Waals surface area contributed by atoms with Gasteiger partial charge in [0.1, 0.15) is 5.25 Å². The van der Waals surface area contributed by atoms with E-state index < -0.39 is 21.0 Å². The Balaban J connectivity index is 2.23. The molecule has 1 unspecified atom stereocenters. The molecule has 1 atom stereocenters. The smallest absolute Gasteiger partial charge is 0.242 e. The van der Waals surface area contributed by atoms with Crippen molar-refractivity contribution in [2.75, 3.05) is 11.6 Å². The molecule has 1 aliphatic carbocycles. The third-order valence-corrected chi connectivity index (χ3v) is 5.61. The number of nitrogens with one attached hydrogen (secondary N) is 1. The minimum Gasteiger partial charge on any atom is -0.324 e. The Kier molecular flexibility index (Phi) is 4.01. The fourth-order valence-electron chi connectivity index (χ4n) is 2.12. The minimum atomic E-state index is -3.37. The van der Waals surface area contributed by atoms with Crippen LogP contribution in [0.25, 0.3) is 0 Å². The van der Waals surface area contributed by atoms with Crippen molar-refractivity contribution in [1.82, 2.24) is 0 Å². The van der Waals surface area contributed by atoms with Gasteiger partial charge in [-0.3, -0.25) is 4.79 Å². The van der Waals surface area contributed by atoms with Crippen molar-refractivity contribution in [2.45, 2.75) is 31.4 Å². The average Bonchev–Trinajstić information content (AvgIpc) is 2.74. The van der Waals surface area contributed by atoms with Crippen LogP contribution >= 0.6 is 15.9 Å². The molecular formula is C13H16BrNO3S. The molecular weight excluding hydrogens is 330 g/mol. The molecule has 1 N–H and O–H groups in total. The zero-order valence-electron chi connectivity index (χ0n) is 10.9. The Labute approximate surface area is 121 Å². The number of anilines is 1. The number of hydrogen-bond acceptors (Lipinski definition) is 3. The fourth-order valence-corrected chi connectivity index (χ4v) is 3.06. The van der Waals surface area contributed by atoms with Crippen molar-refractivity contribution in [1.29, 1.82) is 0 Å². The summed E-state index contributed by atoms with van der Waals surface area (Å²) >= 11 is 3.41. The molecule has 104 valence electrons. The number of aryl methyl sites for hydroxylation is 2. The van der Waals surface area contributed by atoms with E-state index in [2.05, 4.69) is 21.2 Å². The van der Waals surface area contributed by atoms with Crippen LogP contribution in [0.5, 0.6) is 0 Å². The lowest BCUT2D eigenvalue weighted by Crippen LogP contribution is -2.31. The Morgan fingerprint density at radius 3 is 2.47 bits per heavy atom. The van der Waals surface area contributed by atoms with Gasteiger partial charge in [0, 0.05) is 10.7 Å². The number of carbonyl (C=O) groups excluding carboxylic acids is 1. The van der Waals surface area contributed by atoms with Crippen LogP contribution in [-0.2, 0) is 27.5 Å². The summed E-state index contributed by atoms with van der Waals surface area (Å²) in [5.41, 5.74) is 3.16. The lowest BCUT2D eigenvalue weighted by Gasteiger charge is -2.13. The normalized spacial score (nSPS) is 15.9. The summed E-state index contributed by atoms with van der Waals surface area (Å²) in [6.45, 7) is 1.39. The zero-order valence-corrected chi connectivity index (χ0v) is 13.3. The molecule has 0 bridgehead atoms. The topological polar surface area (TPSA) is 63.2 Å². The van der Waals surface area contributed by atoms with Crippen molar-refractivity contribution in [3.8, 4) is 0 Å². The summed E-state index contributed by atoms with van der Waals surface area (Å²) in [4.78, 5) is 11.9. The number of carbonyl (C=O) groups is 1. The van der Waals surface area contributed by atoms with Gasteiger partial charge in [0.25, 0.3) is 0 Å². The molecule has 0 aromatic heterocycles. The molecule has 0 aliphatic heterocycles. The maximum Gasteiger partial charge on any atom is 0.242 e. The highest BCUT2D eigenvalue weighted by atomic mass is 79.9. The van der Waals surface area contributed by atoms with Crippen molar-refractivity contribution in [3.05, 3.63) is 27.7 Å². The second kappa shape index (κ2) is 5.25. The molecule has 19 heavy (non-hydrogen) atoms. The second-order valence-corrected chi connectivity index (χ2v) is 8.14. The van der Waals surface area contributed by atoms with E-state index in [1.165, 1.54) is 18.1 Å². The molecule has 0 saturated heterocycles. The van der Waals surface area contributed by atoms with E-state index in [1.807, 2.05) is 12.1 Å². The van der Waals surface area contributed by atoms with Crippen LogP contribution in [0.15, 0.2) is 16.6 Å². The van der Waals surface area contributed by atoms with E-state index in [1.54, 1.807) is 0 Å². The predicted octanol–water partition coefficient (Wildman–Crippen LogP) is 2.31. The summed E-state index contributed by atoms with van der Waals surface area (Å²) in [7, 11) is -3.37. The molecule has 2 rings (SSSR count). The highest BCUT2D eigenvalue weighted by Gasteiger charge is 2.24. The predicted molar refractivity (Wildman–Crippen MR) is 79.1 cm³/mol. The summed E-state index contributed by atoms with van der Waals surface area (Å²) in [6.07, 6.45) is 4.25. The molecule has 1 aromatic rings. The number of benzene rings is 1. The molecule has 1 amide bonds. The first kappa shape index (κ1) is 14.5. The quantitative estimate of drug-likeness (QED) is 0.914. The van der Waals surface area contributed by atoms with Gasteiger partial charge in [-0.15, -0.1) is 0 Å². The van der Waals surface area contributed by atoms with Gasteiger partial charge in [-0.1, -0.05) is 0 Å². The Bertz CT molecular complexity index is 625. The van der Waals surface area contributed by atoms with Crippen LogP contribution in [0, 0.1) is 0 Å². The Morgan fingerprint density at radius 2 is 1.89 bits per heavy atom. The van der Waals surface area contributed by atoms with Gasteiger partial charge in [0.15, 0.2) is 9.84 Å². The van der Waals surface area contributed by atoms with Crippen LogP contribution in [-0.4, -0.2) is 25.8 Å². The molecule has 4 nitrogen and oxygen atoms in total. The van der Waals surface area contributed by atoms with Crippen LogP contribution in [0.2, 0.25) is 0 Å². The molecule has 0 fully saturated rings. The zero-order chi connectivity index (χ0) is 14.2. The van der Waals surface area contributed by atoms with Crippen molar-refractivity contribution >= 4 is 37.4 Å². The van der Waals surface area contributed by atoms with Crippen molar-refractivity contribution in [2.24, 2.45) is 0 Å². The summed E-state index contributed by atoms with van der Waals surface area (Å²) in [5, 5.41) is 1.63. The molecule has 6 heteroatoms. The first-order chi connectivity index (χ1) is 8.79. The third-order valence-electron chi connectivity index (χ3n) is 3.45. The molecule has 0 heterocycles. The van der Waals surface area contributed by atoms with E-state index in [0.717, 1.165) is 30.0 Å². The lowest BCUT2D eigenvalue weighted by atomic mass is 10.1. The van der Waals surface area contributed by atoms with Gasteiger partial charge in [-0.2, -0.15) is 0 Å². The van der Waals surface area contributed by atoms with Gasteiger partial charge in [-0.25, -0.2) is 8.42 Å². The molecule has 0 saturated carbocycles. The van der Waals surface area contributed by atoms with E-state index in [-0.39, 0.29) is 0 Å². The highest BCUT2D eigenvalue weighted by molar-refractivity contribution is 9.10. The van der Waals surface area contributed by atoms with Gasteiger partial charge in [0.2, 0.25) is 5.91 Å². The van der Waals surface area contributed by atoms with Gasteiger partial charge >= 0.3 is 0 Å². The summed E-state index contributed by atoms with van der Waals surface area (Å²) < 4.78 is 23.5. The first-order valence-corrected chi connectivity index (χ1v) is 8.85. The molecule has 1 aliphatic rings. The molecule has 0 radical (unpaired) electrons. The number of halogens is 1. The SMILES string of the molecule is CC(C(=O)Nc1cc2c(cc1Br)CCC2)S(C)(=O)=O. The van der Waals surface area contributed by atoms with E-state index in [0.29, 0.717) is 5.69 Å². The average molecular weight is 346 g/mol. The maximum atomic E-state index is 11.9. The van der Waals surface area contributed by atoms with Gasteiger partial charge < -0.3 is 5.32 Å². The van der Waals surface area contributed by atoms with Crippen molar-refractivity contribution < 1.29 is 13.2 Å². The maximum absolute atomic E-state index is 11.9. The number of amides is 1.